The zero-order valence-electron chi connectivity index (χ0n) is 8.34. The van der Waals surface area contributed by atoms with Crippen LogP contribution in [0, 0.1) is 11.8 Å². The molecular weight excluding hydrogens is 188 g/mol. The lowest BCUT2D eigenvalue weighted by molar-refractivity contribution is 1.31. The lowest BCUT2D eigenvalue weighted by atomic mass is 10.1. The number of rotatable bonds is 2. The maximum atomic E-state index is 10.7. The summed E-state index contributed by atoms with van der Waals surface area (Å²) in [6.07, 6.45) is 1.70. The molecule has 0 saturated carbocycles. The summed E-state index contributed by atoms with van der Waals surface area (Å²) in [7, 11) is 0. The molecule has 3 heteroatoms. The maximum absolute atomic E-state index is 10.7. The Bertz CT molecular complexity index is 480. The molecule has 0 radical (unpaired) electrons. The summed E-state index contributed by atoms with van der Waals surface area (Å²) in [5, 5.41) is 3.02. The Morgan fingerprint density at radius 1 is 1.20 bits per heavy atom. The smallest absolute Gasteiger partial charge is 0.117 e. The van der Waals surface area contributed by atoms with Gasteiger partial charge in [0.1, 0.15) is 5.69 Å². The topological polar surface area (TPSA) is 42.3 Å². The average Bonchev–Trinajstić information content (AvgIpc) is 2.30. The summed E-state index contributed by atoms with van der Waals surface area (Å²) in [6.45, 7) is 1.93. The van der Waals surface area contributed by atoms with Gasteiger partial charge in [0.2, 0.25) is 0 Å². The highest BCUT2D eigenvalue weighted by molar-refractivity contribution is 5.73. The van der Waals surface area contributed by atoms with Gasteiger partial charge in [0.05, 0.1) is 5.69 Å². The molecule has 0 aliphatic heterocycles. The Labute approximate surface area is 87.8 Å². The van der Waals surface area contributed by atoms with Crippen molar-refractivity contribution in [2.45, 2.75) is 6.92 Å². The van der Waals surface area contributed by atoms with Crippen LogP contribution in [-0.2, 0) is 0 Å². The molecule has 0 unspecified atom stereocenters. The fraction of sp³-hybridized carbons (Fsp3) is 0.0833. The normalized spacial score (nSPS) is 9.93. The molecule has 2 aromatic rings. The molecule has 3 nitrogen and oxygen atoms in total. The van der Waals surface area contributed by atoms with E-state index in [1.54, 1.807) is 12.3 Å². The van der Waals surface area contributed by atoms with Crippen LogP contribution in [0.25, 0.3) is 11.3 Å². The van der Waals surface area contributed by atoms with Crippen molar-refractivity contribution < 1.29 is 0 Å². The fourth-order valence-electron chi connectivity index (χ4n) is 1.46. The minimum absolute atomic E-state index is 0.439. The maximum Gasteiger partial charge on any atom is 0.117 e. The van der Waals surface area contributed by atoms with Gasteiger partial charge in [0.25, 0.3) is 0 Å². The van der Waals surface area contributed by atoms with Crippen molar-refractivity contribution in [1.29, 1.82) is 0 Å². The van der Waals surface area contributed by atoms with Gasteiger partial charge < -0.3 is 0 Å². The van der Waals surface area contributed by atoms with E-state index in [4.69, 9.17) is 0 Å². The number of pyridine rings is 1. The van der Waals surface area contributed by atoms with Gasteiger partial charge in [0, 0.05) is 11.8 Å². The second kappa shape index (κ2) is 4.00. The average molecular weight is 198 g/mol. The van der Waals surface area contributed by atoms with E-state index < -0.39 is 0 Å². The molecule has 0 amide bonds. The van der Waals surface area contributed by atoms with Crippen molar-refractivity contribution >= 4 is 5.69 Å². The number of nitrogens with zero attached hydrogens (tertiary/aromatic N) is 2. The molecule has 0 N–H and O–H groups in total. The van der Waals surface area contributed by atoms with Gasteiger partial charge in [0.15, 0.2) is 0 Å². The van der Waals surface area contributed by atoms with Crippen molar-refractivity contribution in [1.82, 2.24) is 4.98 Å². The summed E-state index contributed by atoms with van der Waals surface area (Å²) in [5.41, 5.74) is 3.00. The van der Waals surface area contributed by atoms with Crippen molar-refractivity contribution in [3.8, 4) is 11.3 Å². The van der Waals surface area contributed by atoms with E-state index in [0.717, 1.165) is 16.8 Å². The lowest BCUT2D eigenvalue weighted by Gasteiger charge is -2.03. The van der Waals surface area contributed by atoms with E-state index in [1.165, 1.54) is 0 Å². The van der Waals surface area contributed by atoms with Crippen molar-refractivity contribution in [3.05, 3.63) is 53.1 Å². The molecule has 0 spiro atoms. The number of aromatic nitrogens is 1. The van der Waals surface area contributed by atoms with E-state index in [1.807, 2.05) is 37.3 Å². The molecular formula is C12H10N2O. The molecule has 74 valence electrons. The minimum Gasteiger partial charge on any atom is -0.256 e. The van der Waals surface area contributed by atoms with Crippen molar-refractivity contribution in [2.24, 2.45) is 5.18 Å². The molecule has 0 aliphatic carbocycles. The van der Waals surface area contributed by atoms with Gasteiger partial charge >= 0.3 is 0 Å². The molecule has 1 aromatic heterocycles. The Balaban J connectivity index is 2.58. The fourth-order valence-corrected chi connectivity index (χ4v) is 1.46. The number of hydrogen-bond donors (Lipinski definition) is 0. The molecule has 0 bridgehead atoms. The Hall–Kier alpha value is -2.03. The van der Waals surface area contributed by atoms with Gasteiger partial charge in [-0.3, -0.25) is 4.98 Å². The Morgan fingerprint density at radius 3 is 2.73 bits per heavy atom. The first kappa shape index (κ1) is 9.52. The molecule has 0 fully saturated rings. The highest BCUT2D eigenvalue weighted by Gasteiger charge is 2.06. The second-order valence-electron chi connectivity index (χ2n) is 3.33. The third-order valence-corrected chi connectivity index (χ3v) is 2.19. The van der Waals surface area contributed by atoms with Crippen LogP contribution >= 0.6 is 0 Å². The quantitative estimate of drug-likeness (QED) is 0.693. The highest BCUT2D eigenvalue weighted by atomic mass is 16.3. The van der Waals surface area contributed by atoms with E-state index in [2.05, 4.69) is 10.2 Å². The summed E-state index contributed by atoms with van der Waals surface area (Å²) < 4.78 is 0. The third-order valence-electron chi connectivity index (χ3n) is 2.19. The first-order chi connectivity index (χ1) is 7.31. The number of benzene rings is 1. The molecule has 15 heavy (non-hydrogen) atoms. The molecule has 1 heterocycles. The van der Waals surface area contributed by atoms with Crippen LogP contribution in [-0.4, -0.2) is 4.98 Å². The van der Waals surface area contributed by atoms with E-state index in [-0.39, 0.29) is 0 Å². The number of aryl methyl sites for hydroxylation is 1. The first-order valence-corrected chi connectivity index (χ1v) is 4.66. The van der Waals surface area contributed by atoms with Crippen molar-refractivity contribution in [2.75, 3.05) is 0 Å². The number of nitroso groups, excluding NO2 is 1. The van der Waals surface area contributed by atoms with Crippen LogP contribution in [0.15, 0.2) is 47.8 Å². The molecule has 0 atom stereocenters. The summed E-state index contributed by atoms with van der Waals surface area (Å²) in [4.78, 5) is 14.9. The Kier molecular flexibility index (Phi) is 2.54. The first-order valence-electron chi connectivity index (χ1n) is 4.66. The van der Waals surface area contributed by atoms with Crippen LogP contribution in [0.5, 0.6) is 0 Å². The van der Waals surface area contributed by atoms with Gasteiger partial charge in [-0.1, -0.05) is 18.2 Å². The van der Waals surface area contributed by atoms with E-state index in [0.29, 0.717) is 5.69 Å². The molecule has 1 aromatic carbocycles. The van der Waals surface area contributed by atoms with Gasteiger partial charge in [-0.2, -0.15) is 0 Å². The number of hydrogen-bond acceptors (Lipinski definition) is 3. The SMILES string of the molecule is Cc1ccc(-c2ccccn2)c(N=O)c1. The zero-order valence-corrected chi connectivity index (χ0v) is 8.34. The predicted molar refractivity (Wildman–Crippen MR) is 59.9 cm³/mol. The second-order valence-corrected chi connectivity index (χ2v) is 3.33. The molecule has 0 saturated heterocycles. The van der Waals surface area contributed by atoms with Crippen LogP contribution in [0.2, 0.25) is 0 Å². The van der Waals surface area contributed by atoms with Gasteiger partial charge in [-0.25, -0.2) is 0 Å². The third kappa shape index (κ3) is 1.91. The summed E-state index contributed by atoms with van der Waals surface area (Å²) in [5.74, 6) is 0. The Morgan fingerprint density at radius 2 is 2.07 bits per heavy atom. The molecule has 2 rings (SSSR count). The van der Waals surface area contributed by atoms with E-state index in [9.17, 15) is 4.91 Å². The monoisotopic (exact) mass is 198 g/mol. The largest absolute Gasteiger partial charge is 0.256 e. The summed E-state index contributed by atoms with van der Waals surface area (Å²) in [6, 6.07) is 11.2. The van der Waals surface area contributed by atoms with E-state index >= 15 is 0 Å². The van der Waals surface area contributed by atoms with Gasteiger partial charge in [-0.05, 0) is 35.9 Å². The predicted octanol–water partition coefficient (Wildman–Crippen LogP) is 3.45. The zero-order chi connectivity index (χ0) is 10.7. The van der Waals surface area contributed by atoms with Gasteiger partial charge in [-0.15, -0.1) is 4.91 Å². The van der Waals surface area contributed by atoms with Crippen LogP contribution in [0.3, 0.4) is 0 Å². The van der Waals surface area contributed by atoms with Crippen LogP contribution < -0.4 is 0 Å². The summed E-state index contributed by atoms with van der Waals surface area (Å²) >= 11 is 0. The van der Waals surface area contributed by atoms with Crippen LogP contribution in [0.1, 0.15) is 5.56 Å². The lowest BCUT2D eigenvalue weighted by Crippen LogP contribution is -1.83. The standard InChI is InChI=1S/C12H10N2O/c1-9-5-6-10(12(8-9)14-15)11-4-2-3-7-13-11/h2-8H,1H3. The highest BCUT2D eigenvalue weighted by Crippen LogP contribution is 2.29. The molecule has 0 aliphatic rings. The van der Waals surface area contributed by atoms with Crippen molar-refractivity contribution in [3.63, 3.8) is 0 Å². The minimum atomic E-state index is 0.439. The van der Waals surface area contributed by atoms with Crippen LogP contribution in [0.4, 0.5) is 5.69 Å².